The first-order valence-electron chi connectivity index (χ1n) is 8.33. The summed E-state index contributed by atoms with van der Waals surface area (Å²) in [5.41, 5.74) is 6.25. The van der Waals surface area contributed by atoms with Crippen LogP contribution in [0.25, 0.3) is 0 Å². The highest BCUT2D eigenvalue weighted by atomic mass is 35.5. The van der Waals surface area contributed by atoms with Gasteiger partial charge < -0.3 is 11.1 Å². The van der Waals surface area contributed by atoms with E-state index in [9.17, 15) is 14.9 Å². The van der Waals surface area contributed by atoms with Gasteiger partial charge in [-0.25, -0.2) is 0 Å². The Morgan fingerprint density at radius 3 is 2.68 bits per heavy atom. The molecule has 1 aromatic rings. The van der Waals surface area contributed by atoms with Crippen LogP contribution in [0.5, 0.6) is 0 Å². The predicted molar refractivity (Wildman–Crippen MR) is 104 cm³/mol. The number of carbonyl (C=O) groups excluding carboxylic acids is 1. The highest BCUT2D eigenvalue weighted by Gasteiger charge is 2.28. The summed E-state index contributed by atoms with van der Waals surface area (Å²) < 4.78 is 0. The van der Waals surface area contributed by atoms with Gasteiger partial charge in [-0.15, -0.1) is 24.2 Å². The van der Waals surface area contributed by atoms with Gasteiger partial charge >= 0.3 is 0 Å². The Bertz CT molecular complexity index is 609. The third-order valence-corrected chi connectivity index (χ3v) is 5.19. The molecule has 1 amide bonds. The molecule has 2 rings (SSSR count). The van der Waals surface area contributed by atoms with E-state index in [2.05, 4.69) is 19.2 Å². The zero-order valence-electron chi connectivity index (χ0n) is 14.6. The molecule has 0 bridgehead atoms. The lowest BCUT2D eigenvalue weighted by atomic mass is 10.1. The Kier molecular flexibility index (Phi) is 8.68. The molecule has 0 saturated heterocycles. The summed E-state index contributed by atoms with van der Waals surface area (Å²) in [6, 6.07) is 4.63. The molecule has 140 valence electrons. The number of benzene rings is 1. The molecule has 0 spiro atoms. The van der Waals surface area contributed by atoms with E-state index in [4.69, 9.17) is 5.73 Å². The fraction of sp³-hybridized carbons (Fsp3) is 0.588. The Hall–Kier alpha value is -1.31. The van der Waals surface area contributed by atoms with Gasteiger partial charge in [-0.1, -0.05) is 13.8 Å². The summed E-state index contributed by atoms with van der Waals surface area (Å²) in [6.07, 6.45) is 3.22. The Morgan fingerprint density at radius 1 is 1.44 bits per heavy atom. The number of carbonyl (C=O) groups is 1. The van der Waals surface area contributed by atoms with E-state index >= 15 is 0 Å². The molecular formula is C17H26ClN3O3S. The van der Waals surface area contributed by atoms with Gasteiger partial charge in [0.05, 0.1) is 9.82 Å². The minimum Gasteiger partial charge on any atom is -0.350 e. The molecule has 0 aliphatic heterocycles. The largest absolute Gasteiger partial charge is 0.350 e. The number of hydrogen-bond acceptors (Lipinski definition) is 5. The molecule has 25 heavy (non-hydrogen) atoms. The van der Waals surface area contributed by atoms with Crippen molar-refractivity contribution in [2.24, 2.45) is 17.6 Å². The van der Waals surface area contributed by atoms with Gasteiger partial charge in [0.1, 0.15) is 0 Å². The smallest absolute Gasteiger partial charge is 0.283 e. The molecular weight excluding hydrogens is 362 g/mol. The number of nitrogens with two attached hydrogens (primary N) is 1. The number of halogens is 1. The van der Waals surface area contributed by atoms with Gasteiger partial charge in [-0.05, 0) is 49.0 Å². The third kappa shape index (κ3) is 6.84. The average molecular weight is 388 g/mol. The van der Waals surface area contributed by atoms with Crippen LogP contribution < -0.4 is 11.1 Å². The molecule has 0 heterocycles. The van der Waals surface area contributed by atoms with E-state index in [1.165, 1.54) is 17.8 Å². The molecule has 0 aromatic heterocycles. The molecule has 1 atom stereocenters. The number of hydrogen-bond donors (Lipinski definition) is 2. The van der Waals surface area contributed by atoms with Crippen molar-refractivity contribution in [3.63, 3.8) is 0 Å². The molecule has 3 N–H and O–H groups in total. The van der Waals surface area contributed by atoms with Crippen molar-refractivity contribution in [1.82, 2.24) is 5.32 Å². The number of nitro groups is 1. The summed E-state index contributed by atoms with van der Waals surface area (Å²) in [4.78, 5) is 23.7. The van der Waals surface area contributed by atoms with Crippen molar-refractivity contribution in [3.8, 4) is 0 Å². The van der Waals surface area contributed by atoms with Crippen molar-refractivity contribution in [2.75, 3.05) is 12.3 Å². The van der Waals surface area contributed by atoms with Crippen LogP contribution >= 0.6 is 24.2 Å². The number of thioether (sulfide) groups is 1. The molecule has 6 nitrogen and oxygen atoms in total. The van der Waals surface area contributed by atoms with Gasteiger partial charge in [-0.2, -0.15) is 0 Å². The van der Waals surface area contributed by atoms with Crippen LogP contribution in [-0.2, 0) is 0 Å². The summed E-state index contributed by atoms with van der Waals surface area (Å²) in [5.74, 6) is 1.56. The first kappa shape index (κ1) is 21.7. The predicted octanol–water partition coefficient (Wildman–Crippen LogP) is 3.62. The maximum atomic E-state index is 12.2. The lowest BCUT2D eigenvalue weighted by Crippen LogP contribution is -2.38. The Morgan fingerprint density at radius 2 is 2.12 bits per heavy atom. The zero-order valence-corrected chi connectivity index (χ0v) is 16.2. The first-order valence-corrected chi connectivity index (χ1v) is 9.32. The number of nitrogens with one attached hydrogen (secondary N) is 1. The highest BCUT2D eigenvalue weighted by Crippen LogP contribution is 2.32. The number of rotatable bonds is 9. The zero-order chi connectivity index (χ0) is 17.7. The van der Waals surface area contributed by atoms with Crippen LogP contribution in [0, 0.1) is 22.0 Å². The molecule has 8 heteroatoms. The maximum absolute atomic E-state index is 12.2. The monoisotopic (exact) mass is 387 g/mol. The normalized spacial score (nSPS) is 14.7. The van der Waals surface area contributed by atoms with Crippen molar-refractivity contribution < 1.29 is 9.72 Å². The van der Waals surface area contributed by atoms with E-state index in [-0.39, 0.29) is 30.0 Å². The minimum atomic E-state index is -0.426. The lowest BCUT2D eigenvalue weighted by molar-refractivity contribution is -0.387. The van der Waals surface area contributed by atoms with Gasteiger partial charge in [0.25, 0.3) is 11.6 Å². The quantitative estimate of drug-likeness (QED) is 0.383. The van der Waals surface area contributed by atoms with E-state index in [0.29, 0.717) is 28.8 Å². The van der Waals surface area contributed by atoms with E-state index in [1.807, 2.05) is 0 Å². The summed E-state index contributed by atoms with van der Waals surface area (Å²) in [7, 11) is 0. The summed E-state index contributed by atoms with van der Waals surface area (Å²) in [5, 5.41) is 14.1. The van der Waals surface area contributed by atoms with Crippen molar-refractivity contribution in [3.05, 3.63) is 33.9 Å². The summed E-state index contributed by atoms with van der Waals surface area (Å²) in [6.45, 7) is 4.64. The fourth-order valence-electron chi connectivity index (χ4n) is 2.33. The summed E-state index contributed by atoms with van der Waals surface area (Å²) >= 11 is 1.46. The van der Waals surface area contributed by atoms with Crippen LogP contribution in [0.1, 0.15) is 43.5 Å². The third-order valence-electron chi connectivity index (χ3n) is 4.10. The number of nitrogens with zero attached hydrogens (tertiary/aromatic N) is 1. The minimum absolute atomic E-state index is 0. The van der Waals surface area contributed by atoms with Gasteiger partial charge in [-0.3, -0.25) is 14.9 Å². The molecule has 1 saturated carbocycles. The van der Waals surface area contributed by atoms with E-state index in [0.717, 1.165) is 25.0 Å². The first-order chi connectivity index (χ1) is 11.4. The van der Waals surface area contributed by atoms with Crippen molar-refractivity contribution in [1.29, 1.82) is 0 Å². The Labute approximate surface area is 158 Å². The second-order valence-electron chi connectivity index (χ2n) is 6.68. The molecule has 1 aliphatic rings. The standard InChI is InChI=1S/C17H25N3O3S.ClH/c1-11(2)7-8-24-16-6-5-13(9-15(16)20(22)23)17(21)19-10-14(18)12-3-4-12;/h5-6,9,11-12,14H,3-4,7-8,10,18H2,1-2H3,(H,19,21);1H. The molecule has 1 aromatic carbocycles. The number of nitro benzene ring substituents is 1. The van der Waals surface area contributed by atoms with Crippen LogP contribution in [0.2, 0.25) is 0 Å². The Balaban J connectivity index is 0.00000312. The second kappa shape index (κ2) is 9.99. The molecule has 0 radical (unpaired) electrons. The van der Waals surface area contributed by atoms with Crippen LogP contribution in [0.3, 0.4) is 0 Å². The SMILES string of the molecule is CC(C)CCSc1ccc(C(=O)NCC(N)C2CC2)cc1[N+](=O)[O-].Cl. The van der Waals surface area contributed by atoms with Crippen LogP contribution in [-0.4, -0.2) is 29.2 Å². The molecule has 1 unspecified atom stereocenters. The average Bonchev–Trinajstić information content (AvgIpc) is 3.36. The second-order valence-corrected chi connectivity index (χ2v) is 7.82. The van der Waals surface area contributed by atoms with E-state index < -0.39 is 4.92 Å². The van der Waals surface area contributed by atoms with Gasteiger partial charge in [0, 0.05) is 24.2 Å². The lowest BCUT2D eigenvalue weighted by Gasteiger charge is -2.12. The van der Waals surface area contributed by atoms with Crippen molar-refractivity contribution >= 4 is 35.8 Å². The van der Waals surface area contributed by atoms with Gasteiger partial charge in [0.2, 0.25) is 0 Å². The van der Waals surface area contributed by atoms with Crippen LogP contribution in [0.15, 0.2) is 23.1 Å². The van der Waals surface area contributed by atoms with Gasteiger partial charge in [0.15, 0.2) is 0 Å². The highest BCUT2D eigenvalue weighted by molar-refractivity contribution is 7.99. The van der Waals surface area contributed by atoms with Crippen LogP contribution in [0.4, 0.5) is 5.69 Å². The molecule has 1 aliphatic carbocycles. The number of amides is 1. The van der Waals surface area contributed by atoms with Crippen molar-refractivity contribution in [2.45, 2.75) is 44.0 Å². The van der Waals surface area contributed by atoms with E-state index in [1.54, 1.807) is 12.1 Å². The maximum Gasteiger partial charge on any atom is 0.283 e. The topological polar surface area (TPSA) is 98.3 Å². The fourth-order valence-corrected chi connectivity index (χ4v) is 3.59. The molecule has 1 fully saturated rings.